The Morgan fingerprint density at radius 3 is 2.36 bits per heavy atom. The van der Waals surface area contributed by atoms with Crippen molar-refractivity contribution in [3.05, 3.63) is 0 Å². The third-order valence-electron chi connectivity index (χ3n) is 3.14. The average molecular weight is 200 g/mol. The van der Waals surface area contributed by atoms with Crippen molar-refractivity contribution in [2.24, 2.45) is 11.3 Å². The molecule has 1 fully saturated rings. The first-order valence-electron chi connectivity index (χ1n) is 4.70. The number of Topliss-reactive ketones (excluding diaryl/α,β-unsaturated/α-hetero) is 1. The summed E-state index contributed by atoms with van der Waals surface area (Å²) in [4.78, 5) is 23.3. The van der Waals surface area contributed by atoms with Gasteiger partial charge in [0.2, 0.25) is 0 Å². The molecule has 0 aliphatic heterocycles. The Balaban J connectivity index is 2.83. The molecule has 4 heteroatoms. The van der Waals surface area contributed by atoms with E-state index in [4.69, 9.17) is 4.74 Å². The number of esters is 1. The Morgan fingerprint density at radius 1 is 1.43 bits per heavy atom. The molecule has 14 heavy (non-hydrogen) atoms. The van der Waals surface area contributed by atoms with Gasteiger partial charge < -0.3 is 9.47 Å². The van der Waals surface area contributed by atoms with Gasteiger partial charge in [0.05, 0.1) is 7.11 Å². The number of hydrogen-bond acceptors (Lipinski definition) is 4. The van der Waals surface area contributed by atoms with Gasteiger partial charge in [-0.3, -0.25) is 9.59 Å². The third kappa shape index (κ3) is 1.43. The summed E-state index contributed by atoms with van der Waals surface area (Å²) in [5.41, 5.74) is -0.926. The van der Waals surface area contributed by atoms with Crippen LogP contribution in [0.2, 0.25) is 0 Å². The maximum absolute atomic E-state index is 11.7. The van der Waals surface area contributed by atoms with E-state index in [0.717, 1.165) is 6.42 Å². The van der Waals surface area contributed by atoms with Gasteiger partial charge in [0.1, 0.15) is 12.0 Å². The molecule has 2 unspecified atom stereocenters. The van der Waals surface area contributed by atoms with E-state index in [2.05, 4.69) is 4.74 Å². The van der Waals surface area contributed by atoms with Gasteiger partial charge in [0.15, 0.2) is 5.78 Å². The highest BCUT2D eigenvalue weighted by Gasteiger charge is 2.56. The van der Waals surface area contributed by atoms with Gasteiger partial charge in [-0.15, -0.1) is 0 Å². The lowest BCUT2D eigenvalue weighted by atomic mass is 9.58. The van der Waals surface area contributed by atoms with Gasteiger partial charge in [-0.1, -0.05) is 6.92 Å². The highest BCUT2D eigenvalue weighted by molar-refractivity contribution is 6.05. The number of hydrogen-bond donors (Lipinski definition) is 0. The topological polar surface area (TPSA) is 52.6 Å². The standard InChI is InChI=1S/C10H16O4/c1-7-4-5-10(7,9(12)14-3)8(11)6-13-2/h7H,4-6H2,1-3H3. The van der Waals surface area contributed by atoms with E-state index in [-0.39, 0.29) is 18.3 Å². The molecule has 0 N–H and O–H groups in total. The van der Waals surface area contributed by atoms with Crippen LogP contribution >= 0.6 is 0 Å². The van der Waals surface area contributed by atoms with Crippen molar-refractivity contribution in [1.82, 2.24) is 0 Å². The molecule has 0 bridgehead atoms. The van der Waals surface area contributed by atoms with Crippen molar-refractivity contribution in [2.75, 3.05) is 20.8 Å². The van der Waals surface area contributed by atoms with Crippen LogP contribution in [0.25, 0.3) is 0 Å². The lowest BCUT2D eigenvalue weighted by molar-refractivity contribution is -0.171. The SMILES string of the molecule is COCC(=O)C1(C(=O)OC)CCC1C. The van der Waals surface area contributed by atoms with Crippen LogP contribution in [0.3, 0.4) is 0 Å². The van der Waals surface area contributed by atoms with Crippen LogP contribution in [0.15, 0.2) is 0 Å². The highest BCUT2D eigenvalue weighted by atomic mass is 16.5. The van der Waals surface area contributed by atoms with E-state index >= 15 is 0 Å². The van der Waals surface area contributed by atoms with Crippen molar-refractivity contribution in [3.63, 3.8) is 0 Å². The molecule has 0 aromatic rings. The summed E-state index contributed by atoms with van der Waals surface area (Å²) in [5, 5.41) is 0. The summed E-state index contributed by atoms with van der Waals surface area (Å²) in [6.45, 7) is 1.88. The Bertz CT molecular complexity index is 249. The lowest BCUT2D eigenvalue weighted by Gasteiger charge is -2.43. The highest BCUT2D eigenvalue weighted by Crippen LogP contribution is 2.48. The molecule has 0 saturated heterocycles. The van der Waals surface area contributed by atoms with E-state index in [1.165, 1.54) is 14.2 Å². The fourth-order valence-electron chi connectivity index (χ4n) is 2.00. The Morgan fingerprint density at radius 2 is 2.07 bits per heavy atom. The molecule has 1 rings (SSSR count). The molecule has 80 valence electrons. The fraction of sp³-hybridized carbons (Fsp3) is 0.800. The minimum atomic E-state index is -0.926. The molecule has 1 aliphatic rings. The van der Waals surface area contributed by atoms with Crippen LogP contribution in [-0.2, 0) is 19.1 Å². The maximum Gasteiger partial charge on any atom is 0.319 e. The van der Waals surface area contributed by atoms with E-state index in [1.807, 2.05) is 6.92 Å². The van der Waals surface area contributed by atoms with E-state index in [1.54, 1.807) is 0 Å². The van der Waals surface area contributed by atoms with E-state index in [0.29, 0.717) is 6.42 Å². The van der Waals surface area contributed by atoms with Gasteiger partial charge in [0, 0.05) is 7.11 Å². The molecule has 1 aliphatic carbocycles. The van der Waals surface area contributed by atoms with E-state index < -0.39 is 11.4 Å². The first kappa shape index (κ1) is 11.2. The van der Waals surface area contributed by atoms with Gasteiger partial charge in [-0.05, 0) is 18.8 Å². The van der Waals surface area contributed by atoms with Crippen LogP contribution in [0, 0.1) is 11.3 Å². The van der Waals surface area contributed by atoms with E-state index in [9.17, 15) is 9.59 Å². The second kappa shape index (κ2) is 4.09. The number of carbonyl (C=O) groups excluding carboxylic acids is 2. The average Bonchev–Trinajstić information content (AvgIpc) is 2.16. The minimum Gasteiger partial charge on any atom is -0.468 e. The van der Waals surface area contributed by atoms with Gasteiger partial charge in [-0.25, -0.2) is 0 Å². The predicted molar refractivity (Wildman–Crippen MR) is 49.7 cm³/mol. The summed E-state index contributed by atoms with van der Waals surface area (Å²) < 4.78 is 9.45. The molecule has 4 nitrogen and oxygen atoms in total. The molecule has 0 radical (unpaired) electrons. The summed E-state index contributed by atoms with van der Waals surface area (Å²) in [6, 6.07) is 0. The summed E-state index contributed by atoms with van der Waals surface area (Å²) in [7, 11) is 2.77. The number of ether oxygens (including phenoxy) is 2. The van der Waals surface area contributed by atoms with Gasteiger partial charge in [-0.2, -0.15) is 0 Å². The van der Waals surface area contributed by atoms with Crippen LogP contribution < -0.4 is 0 Å². The first-order chi connectivity index (χ1) is 6.59. The van der Waals surface area contributed by atoms with Crippen LogP contribution in [0.4, 0.5) is 0 Å². The van der Waals surface area contributed by atoms with Crippen molar-refractivity contribution in [2.45, 2.75) is 19.8 Å². The second-order valence-electron chi connectivity index (χ2n) is 3.76. The summed E-state index contributed by atoms with van der Waals surface area (Å²) in [6.07, 6.45) is 1.48. The van der Waals surface area contributed by atoms with Crippen molar-refractivity contribution in [3.8, 4) is 0 Å². The predicted octanol–water partition coefficient (Wildman–Crippen LogP) is 0.791. The molecule has 0 amide bonds. The molecule has 0 aromatic heterocycles. The van der Waals surface area contributed by atoms with Crippen molar-refractivity contribution in [1.29, 1.82) is 0 Å². The second-order valence-corrected chi connectivity index (χ2v) is 3.76. The largest absolute Gasteiger partial charge is 0.468 e. The molecule has 0 spiro atoms. The Labute approximate surface area is 83.6 Å². The van der Waals surface area contributed by atoms with Gasteiger partial charge in [0.25, 0.3) is 0 Å². The zero-order chi connectivity index (χ0) is 10.8. The lowest BCUT2D eigenvalue weighted by Crippen LogP contribution is -2.53. The minimum absolute atomic E-state index is 0.0144. The molecular weight excluding hydrogens is 184 g/mol. The third-order valence-corrected chi connectivity index (χ3v) is 3.14. The van der Waals surface area contributed by atoms with Gasteiger partial charge >= 0.3 is 5.97 Å². The Hall–Kier alpha value is -0.900. The Kier molecular flexibility index (Phi) is 3.26. The van der Waals surface area contributed by atoms with Crippen molar-refractivity contribution >= 4 is 11.8 Å². The zero-order valence-electron chi connectivity index (χ0n) is 8.83. The number of methoxy groups -OCH3 is 2. The smallest absolute Gasteiger partial charge is 0.319 e. The number of carbonyl (C=O) groups is 2. The summed E-state index contributed by atoms with van der Waals surface area (Å²) in [5.74, 6) is -0.513. The molecule has 1 saturated carbocycles. The molecule has 0 heterocycles. The maximum atomic E-state index is 11.7. The quantitative estimate of drug-likeness (QED) is 0.497. The molecule has 2 atom stereocenters. The van der Waals surface area contributed by atoms with Crippen molar-refractivity contribution < 1.29 is 19.1 Å². The summed E-state index contributed by atoms with van der Waals surface area (Å²) >= 11 is 0. The van der Waals surface area contributed by atoms with Crippen LogP contribution in [0.1, 0.15) is 19.8 Å². The number of rotatable bonds is 4. The molecular formula is C10H16O4. The number of ketones is 1. The zero-order valence-corrected chi connectivity index (χ0v) is 8.83. The monoisotopic (exact) mass is 200 g/mol. The van der Waals surface area contributed by atoms with Crippen LogP contribution in [0.5, 0.6) is 0 Å². The van der Waals surface area contributed by atoms with Crippen LogP contribution in [-0.4, -0.2) is 32.6 Å². The first-order valence-corrected chi connectivity index (χ1v) is 4.70. The normalized spacial score (nSPS) is 30.6. The molecule has 0 aromatic carbocycles. The fourth-order valence-corrected chi connectivity index (χ4v) is 2.00.